The smallest absolute Gasteiger partial charge is 0.282 e. The number of hydrogen-bond acceptors (Lipinski definition) is 6. The van der Waals surface area contributed by atoms with Gasteiger partial charge in [-0.2, -0.15) is 4.98 Å². The number of hydrogen-bond donors (Lipinski definition) is 1. The van der Waals surface area contributed by atoms with Gasteiger partial charge in [0.25, 0.3) is 5.56 Å². The van der Waals surface area contributed by atoms with Gasteiger partial charge in [0.2, 0.25) is 0 Å². The van der Waals surface area contributed by atoms with Crippen LogP contribution >= 0.6 is 11.3 Å². The van der Waals surface area contributed by atoms with Crippen LogP contribution in [0.2, 0.25) is 0 Å². The van der Waals surface area contributed by atoms with Crippen molar-refractivity contribution in [3.8, 4) is 0 Å². The second kappa shape index (κ2) is 4.90. The second-order valence-electron chi connectivity index (χ2n) is 4.31. The number of nitrogens with zero attached hydrogens (tertiary/aromatic N) is 3. The lowest BCUT2D eigenvalue weighted by atomic mass is 10.3. The first kappa shape index (κ1) is 12.6. The van der Waals surface area contributed by atoms with Gasteiger partial charge in [-0.25, -0.2) is 4.98 Å². The SMILES string of the molecule is CN(c1ccc(N)cc1)c1nc(=O)c2cccnc2s1. The molecule has 5 nitrogen and oxygen atoms in total. The summed E-state index contributed by atoms with van der Waals surface area (Å²) >= 11 is 1.38. The summed E-state index contributed by atoms with van der Waals surface area (Å²) in [5, 5.41) is 1.15. The van der Waals surface area contributed by atoms with Crippen LogP contribution in [0.15, 0.2) is 47.4 Å². The Hall–Kier alpha value is -2.47. The van der Waals surface area contributed by atoms with Crippen molar-refractivity contribution in [2.75, 3.05) is 17.7 Å². The highest BCUT2D eigenvalue weighted by molar-refractivity contribution is 7.21. The van der Waals surface area contributed by atoms with E-state index in [1.807, 2.05) is 36.2 Å². The highest BCUT2D eigenvalue weighted by Gasteiger charge is 2.10. The summed E-state index contributed by atoms with van der Waals surface area (Å²) in [4.78, 5) is 22.9. The Bertz CT molecular complexity index is 813. The normalized spacial score (nSPS) is 10.7. The number of benzene rings is 1. The maximum atomic E-state index is 12.0. The summed E-state index contributed by atoms with van der Waals surface area (Å²) < 4.78 is 0. The zero-order chi connectivity index (χ0) is 14.1. The van der Waals surface area contributed by atoms with E-state index in [-0.39, 0.29) is 5.56 Å². The van der Waals surface area contributed by atoms with E-state index in [1.54, 1.807) is 18.3 Å². The number of pyridine rings is 1. The maximum absolute atomic E-state index is 12.0. The van der Waals surface area contributed by atoms with Gasteiger partial charge in [0.15, 0.2) is 5.13 Å². The molecule has 2 heterocycles. The molecule has 3 aromatic rings. The van der Waals surface area contributed by atoms with Crippen LogP contribution in [0.4, 0.5) is 16.5 Å². The Kier molecular flexibility index (Phi) is 3.08. The number of nitrogen functional groups attached to an aromatic ring is 1. The lowest BCUT2D eigenvalue weighted by molar-refractivity contribution is 1.14. The van der Waals surface area contributed by atoms with E-state index in [4.69, 9.17) is 5.73 Å². The van der Waals surface area contributed by atoms with Crippen LogP contribution in [0.3, 0.4) is 0 Å². The molecule has 20 heavy (non-hydrogen) atoms. The van der Waals surface area contributed by atoms with E-state index in [2.05, 4.69) is 9.97 Å². The molecule has 2 N–H and O–H groups in total. The first-order valence-electron chi connectivity index (χ1n) is 6.00. The van der Waals surface area contributed by atoms with Crippen LogP contribution in [-0.4, -0.2) is 17.0 Å². The molecule has 0 spiro atoms. The van der Waals surface area contributed by atoms with E-state index in [0.29, 0.717) is 21.0 Å². The topological polar surface area (TPSA) is 72.1 Å². The standard InChI is InChI=1S/C14H12N4OS/c1-18(10-6-4-9(15)5-7-10)14-17-12(19)11-3-2-8-16-13(11)20-14/h2-8H,15H2,1H3. The van der Waals surface area contributed by atoms with Crippen LogP contribution in [-0.2, 0) is 0 Å². The number of rotatable bonds is 2. The summed E-state index contributed by atoms with van der Waals surface area (Å²) in [6.07, 6.45) is 1.67. The van der Waals surface area contributed by atoms with Gasteiger partial charge >= 0.3 is 0 Å². The fourth-order valence-electron chi connectivity index (χ4n) is 1.84. The number of aromatic nitrogens is 2. The fourth-order valence-corrected chi connectivity index (χ4v) is 2.77. The third-order valence-corrected chi connectivity index (χ3v) is 4.02. The minimum absolute atomic E-state index is 0.260. The second-order valence-corrected chi connectivity index (χ2v) is 5.26. The van der Waals surface area contributed by atoms with Crippen LogP contribution in [0.1, 0.15) is 0 Å². The van der Waals surface area contributed by atoms with E-state index in [1.165, 1.54) is 11.3 Å². The lowest BCUT2D eigenvalue weighted by Gasteiger charge is -2.17. The van der Waals surface area contributed by atoms with Gasteiger partial charge in [-0.15, -0.1) is 0 Å². The Morgan fingerprint density at radius 2 is 1.95 bits per heavy atom. The molecule has 0 aliphatic heterocycles. The van der Waals surface area contributed by atoms with Gasteiger partial charge in [0.1, 0.15) is 4.83 Å². The fraction of sp³-hybridized carbons (Fsp3) is 0.0714. The molecule has 6 heteroatoms. The summed E-state index contributed by atoms with van der Waals surface area (Å²) in [6.45, 7) is 0. The van der Waals surface area contributed by atoms with Crippen LogP contribution in [0.5, 0.6) is 0 Å². The van der Waals surface area contributed by atoms with Gasteiger partial charge in [-0.05, 0) is 36.4 Å². The Labute approximate surface area is 119 Å². The average molecular weight is 284 g/mol. The summed E-state index contributed by atoms with van der Waals surface area (Å²) in [5.74, 6) is 0. The van der Waals surface area contributed by atoms with Crippen molar-refractivity contribution < 1.29 is 0 Å². The molecule has 0 aliphatic carbocycles. The average Bonchev–Trinajstić information content (AvgIpc) is 2.47. The first-order chi connectivity index (χ1) is 9.65. The molecule has 0 fully saturated rings. The Balaban J connectivity index is 2.10. The van der Waals surface area contributed by atoms with E-state index < -0.39 is 0 Å². The molecular formula is C14H12N4OS. The van der Waals surface area contributed by atoms with Crippen molar-refractivity contribution in [2.45, 2.75) is 0 Å². The molecule has 0 bridgehead atoms. The molecule has 0 saturated carbocycles. The van der Waals surface area contributed by atoms with Gasteiger partial charge < -0.3 is 10.6 Å². The molecule has 0 unspecified atom stereocenters. The molecule has 3 rings (SSSR count). The van der Waals surface area contributed by atoms with Gasteiger partial charge in [-0.3, -0.25) is 4.79 Å². The number of nitrogens with two attached hydrogens (primary N) is 1. The van der Waals surface area contributed by atoms with Crippen molar-refractivity contribution in [1.82, 2.24) is 9.97 Å². The van der Waals surface area contributed by atoms with Gasteiger partial charge in [0, 0.05) is 24.6 Å². The quantitative estimate of drug-likeness (QED) is 0.732. The molecule has 0 aliphatic rings. The van der Waals surface area contributed by atoms with Crippen molar-refractivity contribution in [1.29, 1.82) is 0 Å². The highest BCUT2D eigenvalue weighted by Crippen LogP contribution is 2.27. The van der Waals surface area contributed by atoms with E-state index in [9.17, 15) is 4.79 Å². The number of anilines is 3. The largest absolute Gasteiger partial charge is 0.399 e. The van der Waals surface area contributed by atoms with E-state index in [0.717, 1.165) is 5.69 Å². The Morgan fingerprint density at radius 3 is 2.70 bits per heavy atom. The lowest BCUT2D eigenvalue weighted by Crippen LogP contribution is -2.15. The molecule has 100 valence electrons. The van der Waals surface area contributed by atoms with Crippen LogP contribution in [0, 0.1) is 0 Å². The summed E-state index contributed by atoms with van der Waals surface area (Å²) in [7, 11) is 1.86. The van der Waals surface area contributed by atoms with Crippen molar-refractivity contribution >= 4 is 38.1 Å². The molecule has 1 aromatic carbocycles. The van der Waals surface area contributed by atoms with Crippen LogP contribution in [0.25, 0.3) is 10.2 Å². The molecule has 0 radical (unpaired) electrons. The number of fused-ring (bicyclic) bond motifs is 1. The third kappa shape index (κ3) is 2.21. The van der Waals surface area contributed by atoms with Crippen molar-refractivity contribution in [3.05, 3.63) is 52.9 Å². The third-order valence-electron chi connectivity index (χ3n) is 2.95. The molecule has 0 amide bonds. The Morgan fingerprint density at radius 1 is 1.20 bits per heavy atom. The highest BCUT2D eigenvalue weighted by atomic mass is 32.1. The summed E-state index contributed by atoms with van der Waals surface area (Å²) in [5.41, 5.74) is 7.02. The summed E-state index contributed by atoms with van der Waals surface area (Å²) in [6, 6.07) is 10.9. The minimum atomic E-state index is -0.260. The maximum Gasteiger partial charge on any atom is 0.282 e. The predicted molar refractivity (Wildman–Crippen MR) is 82.6 cm³/mol. The van der Waals surface area contributed by atoms with Gasteiger partial charge in [0.05, 0.1) is 5.39 Å². The molecule has 0 saturated heterocycles. The van der Waals surface area contributed by atoms with Crippen molar-refractivity contribution in [2.24, 2.45) is 0 Å². The first-order valence-corrected chi connectivity index (χ1v) is 6.82. The minimum Gasteiger partial charge on any atom is -0.399 e. The zero-order valence-electron chi connectivity index (χ0n) is 10.8. The van der Waals surface area contributed by atoms with Gasteiger partial charge in [-0.1, -0.05) is 11.3 Å². The molecular weight excluding hydrogens is 272 g/mol. The zero-order valence-corrected chi connectivity index (χ0v) is 11.6. The molecule has 0 atom stereocenters. The monoisotopic (exact) mass is 284 g/mol. The van der Waals surface area contributed by atoms with Crippen molar-refractivity contribution in [3.63, 3.8) is 0 Å². The molecule has 2 aromatic heterocycles. The van der Waals surface area contributed by atoms with E-state index >= 15 is 0 Å². The van der Waals surface area contributed by atoms with Crippen LogP contribution < -0.4 is 16.2 Å². The predicted octanol–water partition coefficient (Wildman–Crippen LogP) is 2.40.